The third-order valence-corrected chi connectivity index (χ3v) is 5.14. The highest BCUT2D eigenvalue weighted by molar-refractivity contribution is 4.86. The summed E-state index contributed by atoms with van der Waals surface area (Å²) in [5, 5.41) is 3.60. The van der Waals surface area contributed by atoms with E-state index in [1.165, 1.54) is 38.5 Å². The largest absolute Gasteiger partial charge is 0.317 e. The van der Waals surface area contributed by atoms with Gasteiger partial charge in [-0.1, -0.05) is 41.5 Å². The summed E-state index contributed by atoms with van der Waals surface area (Å²) >= 11 is 0. The molecule has 1 atom stereocenters. The molecule has 1 nitrogen and oxygen atoms in total. The zero-order valence-electron chi connectivity index (χ0n) is 14.5. The van der Waals surface area contributed by atoms with Gasteiger partial charge in [-0.2, -0.15) is 0 Å². The van der Waals surface area contributed by atoms with Crippen LogP contribution in [0.1, 0.15) is 80.1 Å². The predicted molar refractivity (Wildman–Crippen MR) is 86.4 cm³/mol. The Balaban J connectivity index is 2.44. The van der Waals surface area contributed by atoms with Crippen LogP contribution >= 0.6 is 0 Å². The van der Waals surface area contributed by atoms with Crippen LogP contribution in [-0.4, -0.2) is 13.1 Å². The van der Waals surface area contributed by atoms with Gasteiger partial charge in [-0.25, -0.2) is 0 Å². The molecule has 0 bridgehead atoms. The summed E-state index contributed by atoms with van der Waals surface area (Å²) in [5.74, 6) is 1.84. The molecule has 1 N–H and O–H groups in total. The molecule has 1 rings (SSSR count). The van der Waals surface area contributed by atoms with Crippen molar-refractivity contribution in [2.75, 3.05) is 7.05 Å². The second-order valence-electron chi connectivity index (χ2n) is 8.97. The van der Waals surface area contributed by atoms with Crippen molar-refractivity contribution in [1.29, 1.82) is 0 Å². The molecule has 0 heterocycles. The fourth-order valence-corrected chi connectivity index (χ4v) is 3.59. The summed E-state index contributed by atoms with van der Waals surface area (Å²) in [6.07, 6.45) is 8.39. The van der Waals surface area contributed by atoms with Crippen molar-refractivity contribution in [3.63, 3.8) is 0 Å². The second kappa shape index (κ2) is 6.61. The highest BCUT2D eigenvalue weighted by Gasteiger charge is 2.32. The smallest absolute Gasteiger partial charge is 0.00925 e. The average molecular weight is 268 g/mol. The van der Waals surface area contributed by atoms with E-state index in [-0.39, 0.29) is 0 Å². The van der Waals surface area contributed by atoms with Crippen molar-refractivity contribution in [2.45, 2.75) is 86.1 Å². The van der Waals surface area contributed by atoms with Crippen LogP contribution in [0.4, 0.5) is 0 Å². The molecule has 1 saturated carbocycles. The van der Waals surface area contributed by atoms with Crippen LogP contribution in [0.25, 0.3) is 0 Å². The lowest BCUT2D eigenvalue weighted by molar-refractivity contribution is 0.128. The Labute approximate surface area is 121 Å². The SMILES string of the molecule is CNC(CCC(C)(C)C)C1CCC(C(C)(C)C)CC1. The minimum Gasteiger partial charge on any atom is -0.317 e. The fraction of sp³-hybridized carbons (Fsp3) is 1.00. The summed E-state index contributed by atoms with van der Waals surface area (Å²) < 4.78 is 0. The zero-order valence-corrected chi connectivity index (χ0v) is 14.5. The monoisotopic (exact) mass is 267 g/mol. The van der Waals surface area contributed by atoms with Crippen molar-refractivity contribution in [1.82, 2.24) is 5.32 Å². The normalized spacial score (nSPS) is 27.3. The fourth-order valence-electron chi connectivity index (χ4n) is 3.59. The summed E-state index contributed by atoms with van der Waals surface area (Å²) in [5.41, 5.74) is 0.975. The maximum atomic E-state index is 3.60. The number of nitrogens with one attached hydrogen (secondary N) is 1. The highest BCUT2D eigenvalue weighted by atomic mass is 14.9. The first-order valence-electron chi connectivity index (χ1n) is 8.31. The molecular formula is C18H37N. The molecule has 1 heteroatoms. The van der Waals surface area contributed by atoms with Crippen LogP contribution in [0, 0.1) is 22.7 Å². The van der Waals surface area contributed by atoms with Crippen molar-refractivity contribution in [3.05, 3.63) is 0 Å². The Hall–Kier alpha value is -0.0400. The highest BCUT2D eigenvalue weighted by Crippen LogP contribution is 2.41. The van der Waals surface area contributed by atoms with E-state index in [0.29, 0.717) is 10.8 Å². The Kier molecular flexibility index (Phi) is 5.92. The number of rotatable bonds is 4. The van der Waals surface area contributed by atoms with E-state index in [0.717, 1.165) is 17.9 Å². The van der Waals surface area contributed by atoms with Crippen molar-refractivity contribution in [2.24, 2.45) is 22.7 Å². The first-order chi connectivity index (χ1) is 8.63. The van der Waals surface area contributed by atoms with Crippen molar-refractivity contribution < 1.29 is 0 Å². The van der Waals surface area contributed by atoms with Gasteiger partial charge in [-0.05, 0) is 68.2 Å². The molecule has 0 aliphatic heterocycles. The Bertz CT molecular complexity index is 248. The zero-order chi connectivity index (χ0) is 14.7. The minimum atomic E-state index is 0.470. The summed E-state index contributed by atoms with van der Waals surface area (Å²) in [4.78, 5) is 0. The maximum Gasteiger partial charge on any atom is 0.00925 e. The van der Waals surface area contributed by atoms with E-state index in [2.05, 4.69) is 53.9 Å². The molecule has 0 aromatic carbocycles. The van der Waals surface area contributed by atoms with Gasteiger partial charge in [0.1, 0.15) is 0 Å². The molecule has 114 valence electrons. The third kappa shape index (κ3) is 5.85. The Morgan fingerprint density at radius 3 is 1.84 bits per heavy atom. The van der Waals surface area contributed by atoms with Gasteiger partial charge >= 0.3 is 0 Å². The molecule has 0 saturated heterocycles. The van der Waals surface area contributed by atoms with Crippen LogP contribution < -0.4 is 5.32 Å². The molecule has 0 aromatic heterocycles. The van der Waals surface area contributed by atoms with E-state index in [1.54, 1.807) is 0 Å². The lowest BCUT2D eigenvalue weighted by Gasteiger charge is -2.40. The molecule has 0 aromatic rings. The van der Waals surface area contributed by atoms with Gasteiger partial charge in [0, 0.05) is 6.04 Å². The quantitative estimate of drug-likeness (QED) is 0.733. The summed E-state index contributed by atoms with van der Waals surface area (Å²) in [7, 11) is 2.16. The van der Waals surface area contributed by atoms with Crippen LogP contribution in [0.2, 0.25) is 0 Å². The van der Waals surface area contributed by atoms with Crippen molar-refractivity contribution in [3.8, 4) is 0 Å². The minimum absolute atomic E-state index is 0.470. The third-order valence-electron chi connectivity index (χ3n) is 5.14. The maximum absolute atomic E-state index is 3.60. The van der Waals surface area contributed by atoms with Gasteiger partial charge in [0.05, 0.1) is 0 Å². The first kappa shape index (κ1) is 17.0. The van der Waals surface area contributed by atoms with Crippen LogP contribution in [0.5, 0.6) is 0 Å². The molecule has 0 radical (unpaired) electrons. The van der Waals surface area contributed by atoms with E-state index in [4.69, 9.17) is 0 Å². The Morgan fingerprint density at radius 2 is 1.47 bits per heavy atom. The van der Waals surface area contributed by atoms with Crippen LogP contribution in [0.15, 0.2) is 0 Å². The molecule has 1 aliphatic carbocycles. The molecular weight excluding hydrogens is 230 g/mol. The lowest BCUT2D eigenvalue weighted by atomic mass is 9.68. The number of hydrogen-bond acceptors (Lipinski definition) is 1. The van der Waals surface area contributed by atoms with Crippen LogP contribution in [0.3, 0.4) is 0 Å². The van der Waals surface area contributed by atoms with E-state index >= 15 is 0 Å². The van der Waals surface area contributed by atoms with E-state index in [9.17, 15) is 0 Å². The van der Waals surface area contributed by atoms with Crippen molar-refractivity contribution >= 4 is 0 Å². The van der Waals surface area contributed by atoms with Gasteiger partial charge in [-0.3, -0.25) is 0 Å². The average Bonchev–Trinajstić information content (AvgIpc) is 2.28. The topological polar surface area (TPSA) is 12.0 Å². The van der Waals surface area contributed by atoms with Crippen LogP contribution in [-0.2, 0) is 0 Å². The van der Waals surface area contributed by atoms with E-state index < -0.39 is 0 Å². The second-order valence-corrected chi connectivity index (χ2v) is 8.97. The first-order valence-corrected chi connectivity index (χ1v) is 8.31. The number of hydrogen-bond donors (Lipinski definition) is 1. The lowest BCUT2D eigenvalue weighted by Crippen LogP contribution is -2.38. The Morgan fingerprint density at radius 1 is 0.947 bits per heavy atom. The van der Waals surface area contributed by atoms with Gasteiger partial charge < -0.3 is 5.32 Å². The van der Waals surface area contributed by atoms with Gasteiger partial charge in [-0.15, -0.1) is 0 Å². The summed E-state index contributed by atoms with van der Waals surface area (Å²) in [6, 6.07) is 0.736. The van der Waals surface area contributed by atoms with E-state index in [1.807, 2.05) is 0 Å². The molecule has 1 unspecified atom stereocenters. The molecule has 0 amide bonds. The summed E-state index contributed by atoms with van der Waals surface area (Å²) in [6.45, 7) is 14.3. The van der Waals surface area contributed by atoms with Gasteiger partial charge in [0.15, 0.2) is 0 Å². The van der Waals surface area contributed by atoms with Gasteiger partial charge in [0.2, 0.25) is 0 Å². The molecule has 1 aliphatic rings. The molecule has 19 heavy (non-hydrogen) atoms. The standard InChI is InChI=1S/C18H37N/c1-17(2,3)13-12-16(19-7)14-8-10-15(11-9-14)18(4,5)6/h14-16,19H,8-13H2,1-7H3. The molecule has 1 fully saturated rings. The van der Waals surface area contributed by atoms with Gasteiger partial charge in [0.25, 0.3) is 0 Å². The molecule has 0 spiro atoms. The predicted octanol–water partition coefficient (Wildman–Crippen LogP) is 5.25.